The van der Waals surface area contributed by atoms with E-state index in [1.54, 1.807) is 18.2 Å². The minimum atomic E-state index is -0.459. The minimum absolute atomic E-state index is 0.00431. The molecule has 0 spiro atoms. The molecule has 0 aliphatic rings. The molecule has 3 rings (SSSR count). The molecule has 0 unspecified atom stereocenters. The number of nitro groups is 1. The van der Waals surface area contributed by atoms with Gasteiger partial charge in [-0.15, -0.1) is 0 Å². The van der Waals surface area contributed by atoms with Gasteiger partial charge in [-0.05, 0) is 18.2 Å². The van der Waals surface area contributed by atoms with Crippen LogP contribution in [-0.4, -0.2) is 14.7 Å². The van der Waals surface area contributed by atoms with Crippen LogP contribution in [-0.2, 0) is 0 Å². The van der Waals surface area contributed by atoms with Gasteiger partial charge < -0.3 is 0 Å². The summed E-state index contributed by atoms with van der Waals surface area (Å²) in [5.41, 5.74) is 1.13. The molecule has 0 aliphatic carbocycles. The van der Waals surface area contributed by atoms with Gasteiger partial charge in [-0.2, -0.15) is 5.10 Å². The molecule has 1 aromatic heterocycles. The first kappa shape index (κ1) is 14.1. The number of hydrogen-bond acceptors (Lipinski definition) is 3. The molecule has 0 aliphatic heterocycles. The van der Waals surface area contributed by atoms with Crippen molar-refractivity contribution >= 4 is 51.4 Å². The van der Waals surface area contributed by atoms with Crippen molar-refractivity contribution in [1.82, 2.24) is 9.78 Å². The molecule has 21 heavy (non-hydrogen) atoms. The van der Waals surface area contributed by atoms with Crippen LogP contribution in [0.5, 0.6) is 0 Å². The van der Waals surface area contributed by atoms with E-state index < -0.39 is 4.92 Å². The summed E-state index contributed by atoms with van der Waals surface area (Å²) < 4.78 is 1.53. The highest BCUT2D eigenvalue weighted by Gasteiger charge is 2.15. The molecule has 0 fully saturated rings. The molecule has 8 heteroatoms. The maximum absolute atomic E-state index is 10.8. The van der Waals surface area contributed by atoms with Crippen LogP contribution in [0.25, 0.3) is 16.6 Å². The maximum Gasteiger partial charge on any atom is 0.270 e. The van der Waals surface area contributed by atoms with E-state index in [4.69, 9.17) is 34.8 Å². The molecular formula is C13H6Cl3N3O2. The zero-order valence-electron chi connectivity index (χ0n) is 10.3. The Morgan fingerprint density at radius 2 is 1.76 bits per heavy atom. The van der Waals surface area contributed by atoms with Gasteiger partial charge in [0.05, 0.1) is 26.7 Å². The van der Waals surface area contributed by atoms with Crippen molar-refractivity contribution in [3.63, 3.8) is 0 Å². The van der Waals surface area contributed by atoms with Crippen molar-refractivity contribution < 1.29 is 4.92 Å². The summed E-state index contributed by atoms with van der Waals surface area (Å²) in [5, 5.41) is 16.7. The van der Waals surface area contributed by atoms with Gasteiger partial charge >= 0.3 is 0 Å². The highest BCUT2D eigenvalue weighted by molar-refractivity contribution is 6.40. The van der Waals surface area contributed by atoms with Gasteiger partial charge in [0.2, 0.25) is 0 Å². The van der Waals surface area contributed by atoms with Gasteiger partial charge in [-0.3, -0.25) is 10.1 Å². The fourth-order valence-corrected chi connectivity index (χ4v) is 3.03. The van der Waals surface area contributed by atoms with Gasteiger partial charge in [0.25, 0.3) is 5.69 Å². The van der Waals surface area contributed by atoms with Crippen LogP contribution >= 0.6 is 34.8 Å². The molecule has 2 aromatic carbocycles. The molecule has 106 valence electrons. The van der Waals surface area contributed by atoms with Gasteiger partial charge in [-0.1, -0.05) is 34.8 Å². The van der Waals surface area contributed by atoms with E-state index in [0.717, 1.165) is 0 Å². The second-order valence-electron chi connectivity index (χ2n) is 4.27. The molecule has 0 radical (unpaired) electrons. The van der Waals surface area contributed by atoms with Gasteiger partial charge in [0, 0.05) is 22.5 Å². The third kappa shape index (κ3) is 2.44. The van der Waals surface area contributed by atoms with E-state index in [1.807, 2.05) is 0 Å². The van der Waals surface area contributed by atoms with E-state index in [2.05, 4.69) is 5.10 Å². The van der Waals surface area contributed by atoms with Crippen molar-refractivity contribution in [3.05, 3.63) is 61.7 Å². The number of nitro benzene ring substituents is 1. The lowest BCUT2D eigenvalue weighted by Gasteiger charge is -2.09. The van der Waals surface area contributed by atoms with Gasteiger partial charge in [0.1, 0.15) is 5.69 Å². The summed E-state index contributed by atoms with van der Waals surface area (Å²) in [6.07, 6.45) is 1.52. The van der Waals surface area contributed by atoms with Gasteiger partial charge in [-0.25, -0.2) is 4.68 Å². The van der Waals surface area contributed by atoms with Gasteiger partial charge in [0.15, 0.2) is 0 Å². The third-order valence-corrected chi connectivity index (χ3v) is 3.75. The van der Waals surface area contributed by atoms with Crippen molar-refractivity contribution in [2.45, 2.75) is 0 Å². The summed E-state index contributed by atoms with van der Waals surface area (Å²) in [4.78, 5) is 10.3. The zero-order chi connectivity index (χ0) is 15.1. The summed E-state index contributed by atoms with van der Waals surface area (Å²) in [5.74, 6) is 0. The fourth-order valence-electron chi connectivity index (χ4n) is 2.05. The lowest BCUT2D eigenvalue weighted by atomic mass is 10.2. The lowest BCUT2D eigenvalue weighted by Crippen LogP contribution is -1.98. The van der Waals surface area contributed by atoms with Crippen LogP contribution in [0.4, 0.5) is 5.69 Å². The summed E-state index contributed by atoms with van der Waals surface area (Å²) in [6, 6.07) is 7.56. The lowest BCUT2D eigenvalue weighted by molar-refractivity contribution is -0.384. The highest BCUT2D eigenvalue weighted by Crippen LogP contribution is 2.34. The summed E-state index contributed by atoms with van der Waals surface area (Å²) in [7, 11) is 0. The van der Waals surface area contributed by atoms with Crippen molar-refractivity contribution in [2.75, 3.05) is 0 Å². The molecule has 0 amide bonds. The Balaban J connectivity index is 2.25. The molecule has 0 N–H and O–H groups in total. The Morgan fingerprint density at radius 3 is 2.38 bits per heavy atom. The van der Waals surface area contributed by atoms with Crippen LogP contribution in [0, 0.1) is 10.1 Å². The molecule has 0 saturated heterocycles. The van der Waals surface area contributed by atoms with Crippen LogP contribution in [0.15, 0.2) is 36.5 Å². The minimum Gasteiger partial charge on any atom is -0.258 e. The molecule has 3 aromatic rings. The topological polar surface area (TPSA) is 61.0 Å². The summed E-state index contributed by atoms with van der Waals surface area (Å²) in [6.45, 7) is 0. The average molecular weight is 343 g/mol. The standard InChI is InChI=1S/C13H6Cl3N3O2/c14-8-4-10(15)13(11(16)5-8)18-12-2-1-9(19(20)21)3-7(12)6-17-18/h1-6H. The number of fused-ring (bicyclic) bond motifs is 1. The molecule has 5 nitrogen and oxygen atoms in total. The monoisotopic (exact) mass is 341 g/mol. The Hall–Kier alpha value is -1.82. The van der Waals surface area contributed by atoms with E-state index in [9.17, 15) is 10.1 Å². The van der Waals surface area contributed by atoms with E-state index >= 15 is 0 Å². The first-order valence-electron chi connectivity index (χ1n) is 5.74. The van der Waals surface area contributed by atoms with E-state index in [1.165, 1.54) is 23.0 Å². The van der Waals surface area contributed by atoms with E-state index in [0.29, 0.717) is 31.7 Å². The quantitative estimate of drug-likeness (QED) is 0.492. The highest BCUT2D eigenvalue weighted by atomic mass is 35.5. The molecule has 0 saturated carbocycles. The Kier molecular flexibility index (Phi) is 3.49. The molecule has 1 heterocycles. The van der Waals surface area contributed by atoms with Crippen LogP contribution < -0.4 is 0 Å². The van der Waals surface area contributed by atoms with Crippen LogP contribution in [0.2, 0.25) is 15.1 Å². The molecule has 0 bridgehead atoms. The largest absolute Gasteiger partial charge is 0.270 e. The van der Waals surface area contributed by atoms with Crippen molar-refractivity contribution in [1.29, 1.82) is 0 Å². The maximum atomic E-state index is 10.8. The molecule has 0 atom stereocenters. The second kappa shape index (κ2) is 5.18. The number of hydrogen-bond donors (Lipinski definition) is 0. The predicted octanol–water partition coefficient (Wildman–Crippen LogP) is 4.89. The Bertz CT molecular complexity index is 853. The number of aromatic nitrogens is 2. The van der Waals surface area contributed by atoms with E-state index in [-0.39, 0.29) is 5.69 Å². The fraction of sp³-hybridized carbons (Fsp3) is 0. The number of non-ortho nitro benzene ring substituents is 1. The normalized spacial score (nSPS) is 11.0. The first-order valence-corrected chi connectivity index (χ1v) is 6.88. The van der Waals surface area contributed by atoms with Crippen LogP contribution in [0.3, 0.4) is 0 Å². The van der Waals surface area contributed by atoms with Crippen LogP contribution in [0.1, 0.15) is 0 Å². The number of rotatable bonds is 2. The number of halogens is 3. The van der Waals surface area contributed by atoms with Crippen molar-refractivity contribution in [2.24, 2.45) is 0 Å². The Labute approximate surface area is 133 Å². The number of nitrogens with zero attached hydrogens (tertiary/aromatic N) is 3. The van der Waals surface area contributed by atoms with Crippen molar-refractivity contribution in [3.8, 4) is 5.69 Å². The first-order chi connectivity index (χ1) is 9.97. The average Bonchev–Trinajstić information content (AvgIpc) is 2.80. The smallest absolute Gasteiger partial charge is 0.258 e. The Morgan fingerprint density at radius 1 is 1.10 bits per heavy atom. The third-order valence-electron chi connectivity index (χ3n) is 2.96. The zero-order valence-corrected chi connectivity index (χ0v) is 12.5. The molecular weight excluding hydrogens is 337 g/mol. The number of benzene rings is 2. The SMILES string of the molecule is O=[N+]([O-])c1ccc2c(cnn2-c2c(Cl)cc(Cl)cc2Cl)c1. The summed E-state index contributed by atoms with van der Waals surface area (Å²) >= 11 is 18.2. The second-order valence-corrected chi connectivity index (χ2v) is 5.53. The predicted molar refractivity (Wildman–Crippen MR) is 82.8 cm³/mol.